The van der Waals surface area contributed by atoms with Crippen LogP contribution >= 0.6 is 11.3 Å². The number of hydrogen-bond acceptors (Lipinski definition) is 4. The molecule has 0 aliphatic carbocycles. The highest BCUT2D eigenvalue weighted by Gasteiger charge is 2.28. The molecule has 0 N–H and O–H groups in total. The van der Waals surface area contributed by atoms with Gasteiger partial charge in [0.05, 0.1) is 12.8 Å². The third-order valence-corrected chi connectivity index (χ3v) is 5.01. The third kappa shape index (κ3) is 3.20. The van der Waals surface area contributed by atoms with Crippen LogP contribution in [0, 0.1) is 6.92 Å². The van der Waals surface area contributed by atoms with Gasteiger partial charge >= 0.3 is 0 Å². The van der Waals surface area contributed by atoms with Crippen LogP contribution in [0.2, 0.25) is 0 Å². The van der Waals surface area contributed by atoms with Gasteiger partial charge in [0.2, 0.25) is 0 Å². The summed E-state index contributed by atoms with van der Waals surface area (Å²) in [5.74, 6) is 0.419. The molecule has 3 rings (SSSR count). The van der Waals surface area contributed by atoms with Crippen molar-refractivity contribution in [2.75, 3.05) is 19.8 Å². The Balaban J connectivity index is 1.76. The van der Waals surface area contributed by atoms with Gasteiger partial charge in [0.25, 0.3) is 0 Å². The first kappa shape index (κ1) is 14.8. The molecular weight excluding hydrogens is 282 g/mol. The molecule has 0 unspecified atom stereocenters. The van der Waals surface area contributed by atoms with E-state index in [1.54, 1.807) is 0 Å². The fraction of sp³-hybridized carbons (Fsp3) is 0.562. The summed E-state index contributed by atoms with van der Waals surface area (Å²) in [7, 11) is 2.04. The second kappa shape index (κ2) is 6.30. The summed E-state index contributed by atoms with van der Waals surface area (Å²) in [4.78, 5) is 5.34. The molecule has 2 aromatic heterocycles. The average Bonchev–Trinajstić information content (AvgIpc) is 3.03. The summed E-state index contributed by atoms with van der Waals surface area (Å²) >= 11 is 1.89. The Labute approximate surface area is 130 Å². The van der Waals surface area contributed by atoms with E-state index >= 15 is 0 Å². The lowest BCUT2D eigenvalue weighted by Crippen LogP contribution is -2.35. The van der Waals surface area contributed by atoms with Crippen molar-refractivity contribution in [3.63, 3.8) is 0 Å². The van der Waals surface area contributed by atoms with Crippen LogP contribution in [-0.4, -0.2) is 34.4 Å². The van der Waals surface area contributed by atoms with Gasteiger partial charge in [0.1, 0.15) is 0 Å². The van der Waals surface area contributed by atoms with Crippen LogP contribution in [0.25, 0.3) is 0 Å². The number of nitrogens with zero attached hydrogens (tertiary/aromatic N) is 3. The smallest absolute Gasteiger partial charge is 0.0562 e. The fourth-order valence-corrected chi connectivity index (χ4v) is 4.08. The van der Waals surface area contributed by atoms with Gasteiger partial charge in [0, 0.05) is 60.2 Å². The van der Waals surface area contributed by atoms with Crippen LogP contribution in [0.15, 0.2) is 18.3 Å². The molecule has 5 heteroatoms. The van der Waals surface area contributed by atoms with E-state index in [-0.39, 0.29) is 0 Å². The van der Waals surface area contributed by atoms with E-state index in [9.17, 15) is 0 Å². The van der Waals surface area contributed by atoms with Crippen LogP contribution in [0.1, 0.15) is 33.9 Å². The molecule has 3 heterocycles. The Morgan fingerprint density at radius 2 is 2.29 bits per heavy atom. The minimum atomic E-state index is 0.419. The topological polar surface area (TPSA) is 30.3 Å². The molecule has 0 saturated heterocycles. The highest BCUT2D eigenvalue weighted by atomic mass is 32.1. The van der Waals surface area contributed by atoms with Gasteiger partial charge in [-0.15, -0.1) is 11.3 Å². The molecule has 21 heavy (non-hydrogen) atoms. The lowest BCUT2D eigenvalue weighted by Gasteiger charge is -2.32. The predicted molar refractivity (Wildman–Crippen MR) is 85.6 cm³/mol. The summed E-state index contributed by atoms with van der Waals surface area (Å²) < 4.78 is 7.71. The SMILES string of the molecule is CCOC[C@H]1CN(Cc2ccc(C)s2)Cc2cnn(C)c21. The molecule has 0 fully saturated rings. The van der Waals surface area contributed by atoms with E-state index in [2.05, 4.69) is 36.0 Å². The Morgan fingerprint density at radius 3 is 3.00 bits per heavy atom. The first-order valence-corrected chi connectivity index (χ1v) is 8.35. The maximum absolute atomic E-state index is 5.69. The van der Waals surface area contributed by atoms with E-state index in [1.807, 2.05) is 29.3 Å². The highest BCUT2D eigenvalue weighted by molar-refractivity contribution is 7.11. The molecule has 2 aromatic rings. The predicted octanol–water partition coefficient (Wildman–Crippen LogP) is 2.93. The van der Waals surface area contributed by atoms with Crippen LogP contribution in [0.4, 0.5) is 0 Å². The van der Waals surface area contributed by atoms with Gasteiger partial charge < -0.3 is 4.74 Å². The second-order valence-corrected chi connectivity index (χ2v) is 7.09. The molecule has 0 aromatic carbocycles. The van der Waals surface area contributed by atoms with Gasteiger partial charge in [-0.05, 0) is 26.0 Å². The summed E-state index contributed by atoms with van der Waals surface area (Å²) in [6.45, 7) is 8.83. The van der Waals surface area contributed by atoms with Crippen molar-refractivity contribution in [3.05, 3.63) is 39.3 Å². The van der Waals surface area contributed by atoms with Gasteiger partial charge in [0.15, 0.2) is 0 Å². The van der Waals surface area contributed by atoms with Gasteiger partial charge in [-0.2, -0.15) is 5.10 Å². The lowest BCUT2D eigenvalue weighted by atomic mass is 9.97. The molecule has 4 nitrogen and oxygen atoms in total. The minimum Gasteiger partial charge on any atom is -0.381 e. The number of fused-ring (bicyclic) bond motifs is 1. The highest BCUT2D eigenvalue weighted by Crippen LogP contribution is 2.30. The van der Waals surface area contributed by atoms with E-state index in [1.165, 1.54) is 21.0 Å². The first-order valence-electron chi connectivity index (χ1n) is 7.53. The van der Waals surface area contributed by atoms with Crippen molar-refractivity contribution in [1.29, 1.82) is 0 Å². The van der Waals surface area contributed by atoms with E-state index in [4.69, 9.17) is 4.74 Å². The van der Waals surface area contributed by atoms with Gasteiger partial charge in [-0.1, -0.05) is 0 Å². The first-order chi connectivity index (χ1) is 10.2. The molecule has 1 atom stereocenters. The lowest BCUT2D eigenvalue weighted by molar-refractivity contribution is 0.103. The molecule has 114 valence electrons. The molecule has 0 radical (unpaired) electrons. The van der Waals surface area contributed by atoms with Crippen molar-refractivity contribution in [2.24, 2.45) is 7.05 Å². The number of aromatic nitrogens is 2. The summed E-state index contributed by atoms with van der Waals surface area (Å²) in [5.41, 5.74) is 2.70. The fourth-order valence-electron chi connectivity index (χ4n) is 3.15. The monoisotopic (exact) mass is 305 g/mol. The zero-order valence-corrected chi connectivity index (χ0v) is 13.8. The van der Waals surface area contributed by atoms with Crippen molar-refractivity contribution in [1.82, 2.24) is 14.7 Å². The molecule has 0 spiro atoms. The number of hydrogen-bond donors (Lipinski definition) is 0. The average molecular weight is 305 g/mol. The van der Waals surface area contributed by atoms with Crippen LogP contribution in [0.5, 0.6) is 0 Å². The Morgan fingerprint density at radius 1 is 1.43 bits per heavy atom. The zero-order valence-electron chi connectivity index (χ0n) is 13.0. The summed E-state index contributed by atoms with van der Waals surface area (Å²) in [6.07, 6.45) is 2.01. The summed E-state index contributed by atoms with van der Waals surface area (Å²) in [6, 6.07) is 4.45. The number of thiophene rings is 1. The van der Waals surface area contributed by atoms with E-state index in [0.29, 0.717) is 5.92 Å². The zero-order chi connectivity index (χ0) is 14.8. The van der Waals surface area contributed by atoms with Crippen LogP contribution in [0.3, 0.4) is 0 Å². The minimum absolute atomic E-state index is 0.419. The maximum Gasteiger partial charge on any atom is 0.0562 e. The Bertz CT molecular complexity index is 604. The molecule has 1 aliphatic heterocycles. The number of aryl methyl sites for hydroxylation is 2. The number of ether oxygens (including phenoxy) is 1. The van der Waals surface area contributed by atoms with Crippen molar-refractivity contribution < 1.29 is 4.74 Å². The molecule has 0 amide bonds. The van der Waals surface area contributed by atoms with Crippen LogP contribution < -0.4 is 0 Å². The molecular formula is C16H23N3OS. The van der Waals surface area contributed by atoms with E-state index in [0.717, 1.165) is 32.8 Å². The second-order valence-electron chi connectivity index (χ2n) is 5.72. The third-order valence-electron chi connectivity index (χ3n) is 4.02. The Hall–Kier alpha value is -1.17. The van der Waals surface area contributed by atoms with Crippen molar-refractivity contribution in [2.45, 2.75) is 32.9 Å². The largest absolute Gasteiger partial charge is 0.381 e. The summed E-state index contributed by atoms with van der Waals surface area (Å²) in [5, 5.41) is 4.44. The van der Waals surface area contributed by atoms with Gasteiger partial charge in [-0.3, -0.25) is 9.58 Å². The normalized spacial score (nSPS) is 18.9. The molecule has 0 saturated carbocycles. The van der Waals surface area contributed by atoms with Crippen LogP contribution in [-0.2, 0) is 24.9 Å². The van der Waals surface area contributed by atoms with Gasteiger partial charge in [-0.25, -0.2) is 0 Å². The quantitative estimate of drug-likeness (QED) is 0.851. The van der Waals surface area contributed by atoms with Crippen molar-refractivity contribution in [3.8, 4) is 0 Å². The standard InChI is InChI=1S/C16H23N3OS/c1-4-20-11-14-9-19(10-15-6-5-12(2)21-15)8-13-7-17-18(3)16(13)14/h5-7,14H,4,8-11H2,1-3H3/t14-/m1/s1. The van der Waals surface area contributed by atoms with E-state index < -0.39 is 0 Å². The number of rotatable bonds is 5. The molecule has 1 aliphatic rings. The maximum atomic E-state index is 5.69. The van der Waals surface area contributed by atoms with Crippen molar-refractivity contribution >= 4 is 11.3 Å². The molecule has 0 bridgehead atoms. The Kier molecular flexibility index (Phi) is 4.42.